The van der Waals surface area contributed by atoms with Crippen LogP contribution in [0.4, 0.5) is 4.39 Å². The largest absolute Gasteiger partial charge is 0.294 e. The molecule has 0 amide bonds. The summed E-state index contributed by atoms with van der Waals surface area (Å²) in [5.74, 6) is -0.551. The van der Waals surface area contributed by atoms with Crippen LogP contribution in [-0.4, -0.2) is 5.78 Å². The van der Waals surface area contributed by atoms with Gasteiger partial charge in [0.05, 0.1) is 0 Å². The Kier molecular flexibility index (Phi) is 4.24. The molecule has 0 fully saturated rings. The van der Waals surface area contributed by atoms with Crippen LogP contribution in [0.5, 0.6) is 0 Å². The van der Waals surface area contributed by atoms with E-state index >= 15 is 0 Å². The van der Waals surface area contributed by atoms with Crippen molar-refractivity contribution in [3.8, 4) is 0 Å². The van der Waals surface area contributed by atoms with Crippen molar-refractivity contribution in [3.05, 3.63) is 69.0 Å². The van der Waals surface area contributed by atoms with Gasteiger partial charge in [0.15, 0.2) is 5.78 Å². The number of benzene rings is 2. The number of Topliss-reactive ketones (excluding diaryl/α,β-unsaturated/α-hetero) is 1. The second-order valence-corrected chi connectivity index (χ2v) is 5.46. The third-order valence-corrected chi connectivity index (χ3v) is 3.89. The molecule has 0 radical (unpaired) electrons. The van der Waals surface area contributed by atoms with E-state index in [-0.39, 0.29) is 17.8 Å². The normalized spacial score (nSPS) is 10.7. The van der Waals surface area contributed by atoms with Gasteiger partial charge in [-0.3, -0.25) is 4.79 Å². The van der Waals surface area contributed by atoms with Crippen LogP contribution >= 0.6 is 11.6 Å². The molecule has 0 unspecified atom stereocenters. The first-order chi connectivity index (χ1) is 9.40. The zero-order chi connectivity index (χ0) is 14.9. The molecule has 20 heavy (non-hydrogen) atoms. The lowest BCUT2D eigenvalue weighted by atomic mass is 9.95. The monoisotopic (exact) mass is 290 g/mol. The molecule has 2 rings (SSSR count). The lowest BCUT2D eigenvalue weighted by molar-refractivity contribution is 0.0991. The summed E-state index contributed by atoms with van der Waals surface area (Å²) in [7, 11) is 0. The second kappa shape index (κ2) is 5.76. The first kappa shape index (κ1) is 14.7. The number of rotatable bonds is 3. The molecule has 2 aromatic rings. The maximum Gasteiger partial charge on any atom is 0.167 e. The van der Waals surface area contributed by atoms with Crippen molar-refractivity contribution in [1.29, 1.82) is 0 Å². The fourth-order valence-electron chi connectivity index (χ4n) is 2.22. The third kappa shape index (κ3) is 2.91. The van der Waals surface area contributed by atoms with E-state index in [1.165, 1.54) is 12.1 Å². The quantitative estimate of drug-likeness (QED) is 0.740. The van der Waals surface area contributed by atoms with Crippen LogP contribution in [0, 0.1) is 26.6 Å². The summed E-state index contributed by atoms with van der Waals surface area (Å²) < 4.78 is 13.7. The highest BCUT2D eigenvalue weighted by Gasteiger charge is 2.15. The summed E-state index contributed by atoms with van der Waals surface area (Å²) >= 11 is 5.97. The standard InChI is InChI=1S/C17H16ClFO/c1-10-7-12(3)13(8-11(10)2)17(20)9-14-15(18)5-4-6-16(14)19/h4-8H,9H2,1-3H3. The van der Waals surface area contributed by atoms with Gasteiger partial charge in [-0.2, -0.15) is 0 Å². The van der Waals surface area contributed by atoms with E-state index in [0.717, 1.165) is 16.7 Å². The molecule has 1 nitrogen and oxygen atoms in total. The number of halogens is 2. The highest BCUT2D eigenvalue weighted by atomic mass is 35.5. The Morgan fingerprint density at radius 3 is 2.40 bits per heavy atom. The summed E-state index contributed by atoms with van der Waals surface area (Å²) in [5.41, 5.74) is 4.00. The average Bonchev–Trinajstić information content (AvgIpc) is 2.38. The van der Waals surface area contributed by atoms with Crippen LogP contribution < -0.4 is 0 Å². The van der Waals surface area contributed by atoms with E-state index < -0.39 is 5.82 Å². The van der Waals surface area contributed by atoms with Crippen molar-refractivity contribution in [3.63, 3.8) is 0 Å². The first-order valence-electron chi connectivity index (χ1n) is 6.44. The molecule has 0 atom stereocenters. The van der Waals surface area contributed by atoms with Gasteiger partial charge in [0.25, 0.3) is 0 Å². The maximum absolute atomic E-state index is 13.7. The van der Waals surface area contributed by atoms with Gasteiger partial charge in [-0.05, 0) is 55.7 Å². The van der Waals surface area contributed by atoms with Crippen molar-refractivity contribution >= 4 is 17.4 Å². The van der Waals surface area contributed by atoms with E-state index in [4.69, 9.17) is 11.6 Å². The topological polar surface area (TPSA) is 17.1 Å². The second-order valence-electron chi connectivity index (χ2n) is 5.05. The van der Waals surface area contributed by atoms with Gasteiger partial charge >= 0.3 is 0 Å². The Labute approximate surface area is 123 Å². The fraction of sp³-hybridized carbons (Fsp3) is 0.235. The summed E-state index contributed by atoms with van der Waals surface area (Å²) in [6.07, 6.45) is -0.0190. The van der Waals surface area contributed by atoms with Gasteiger partial charge in [-0.15, -0.1) is 0 Å². The lowest BCUT2D eigenvalue weighted by Crippen LogP contribution is -2.08. The number of hydrogen-bond acceptors (Lipinski definition) is 1. The molecule has 0 aliphatic heterocycles. The van der Waals surface area contributed by atoms with Crippen LogP contribution in [0.25, 0.3) is 0 Å². The van der Waals surface area contributed by atoms with Gasteiger partial charge in [0, 0.05) is 22.6 Å². The average molecular weight is 291 g/mol. The van der Waals surface area contributed by atoms with Gasteiger partial charge in [0.2, 0.25) is 0 Å². The Hall–Kier alpha value is -1.67. The molecule has 0 bridgehead atoms. The van der Waals surface area contributed by atoms with Crippen LogP contribution in [0.15, 0.2) is 30.3 Å². The predicted octanol–water partition coefficient (Wildman–Crippen LogP) is 4.83. The zero-order valence-corrected chi connectivity index (χ0v) is 12.5. The Balaban J connectivity index is 2.36. The van der Waals surface area contributed by atoms with Crippen molar-refractivity contribution in [1.82, 2.24) is 0 Å². The summed E-state index contributed by atoms with van der Waals surface area (Å²) in [6, 6.07) is 8.29. The minimum atomic E-state index is -0.438. The molecule has 0 aliphatic carbocycles. The number of aryl methyl sites for hydroxylation is 3. The summed E-state index contributed by atoms with van der Waals surface area (Å²) in [5, 5.41) is 0.292. The molecular weight excluding hydrogens is 275 g/mol. The van der Waals surface area contributed by atoms with Crippen molar-refractivity contribution in [2.75, 3.05) is 0 Å². The van der Waals surface area contributed by atoms with Gasteiger partial charge in [0.1, 0.15) is 5.82 Å². The molecule has 0 N–H and O–H groups in total. The molecule has 0 saturated carbocycles. The zero-order valence-electron chi connectivity index (χ0n) is 11.8. The number of carbonyl (C=O) groups excluding carboxylic acids is 1. The minimum Gasteiger partial charge on any atom is -0.294 e. The fourth-order valence-corrected chi connectivity index (χ4v) is 2.45. The highest BCUT2D eigenvalue weighted by Crippen LogP contribution is 2.23. The maximum atomic E-state index is 13.7. The van der Waals surface area contributed by atoms with Crippen molar-refractivity contribution in [2.24, 2.45) is 0 Å². The smallest absolute Gasteiger partial charge is 0.167 e. The Morgan fingerprint density at radius 1 is 1.10 bits per heavy atom. The van der Waals surface area contributed by atoms with Crippen molar-refractivity contribution in [2.45, 2.75) is 27.2 Å². The molecule has 0 spiro atoms. The number of carbonyl (C=O) groups is 1. The molecule has 0 heterocycles. The number of ketones is 1. The van der Waals surface area contributed by atoms with Gasteiger partial charge < -0.3 is 0 Å². The Morgan fingerprint density at radius 2 is 1.75 bits per heavy atom. The van der Waals surface area contributed by atoms with E-state index in [1.807, 2.05) is 32.9 Å². The van der Waals surface area contributed by atoms with Crippen LogP contribution in [-0.2, 0) is 6.42 Å². The summed E-state index contributed by atoms with van der Waals surface area (Å²) in [4.78, 5) is 12.4. The lowest BCUT2D eigenvalue weighted by Gasteiger charge is -2.10. The molecular formula is C17H16ClFO. The molecule has 104 valence electrons. The van der Waals surface area contributed by atoms with Gasteiger partial charge in [-0.25, -0.2) is 4.39 Å². The summed E-state index contributed by atoms with van der Waals surface area (Å²) in [6.45, 7) is 5.86. The van der Waals surface area contributed by atoms with E-state index in [1.54, 1.807) is 6.07 Å². The molecule has 2 aromatic carbocycles. The third-order valence-electron chi connectivity index (χ3n) is 3.54. The van der Waals surface area contributed by atoms with Gasteiger partial charge in [-0.1, -0.05) is 23.7 Å². The van der Waals surface area contributed by atoms with Crippen LogP contribution in [0.1, 0.15) is 32.6 Å². The highest BCUT2D eigenvalue weighted by molar-refractivity contribution is 6.31. The molecule has 0 aliphatic rings. The molecule has 0 saturated heterocycles. The Bertz CT molecular complexity index is 657. The predicted molar refractivity (Wildman–Crippen MR) is 80.1 cm³/mol. The molecule has 3 heteroatoms. The van der Waals surface area contributed by atoms with E-state index in [0.29, 0.717) is 10.6 Å². The van der Waals surface area contributed by atoms with E-state index in [2.05, 4.69) is 0 Å². The van der Waals surface area contributed by atoms with E-state index in [9.17, 15) is 9.18 Å². The first-order valence-corrected chi connectivity index (χ1v) is 6.82. The SMILES string of the molecule is Cc1cc(C)c(C(=O)Cc2c(F)cccc2Cl)cc1C. The van der Waals surface area contributed by atoms with Crippen LogP contribution in [0.3, 0.4) is 0 Å². The molecule has 0 aromatic heterocycles. The minimum absolute atomic E-state index is 0.0190. The van der Waals surface area contributed by atoms with Crippen LogP contribution in [0.2, 0.25) is 5.02 Å². The number of hydrogen-bond donors (Lipinski definition) is 0. The van der Waals surface area contributed by atoms with Crippen molar-refractivity contribution < 1.29 is 9.18 Å².